The number of esters is 1. The Bertz CT molecular complexity index is 427. The first-order chi connectivity index (χ1) is 7.22. The first-order valence-corrected chi connectivity index (χ1v) is 5.86. The molecule has 0 aliphatic rings. The third-order valence-electron chi connectivity index (χ3n) is 1.75. The molecule has 0 aliphatic carbocycles. The number of carbonyl (C=O) groups is 1. The summed E-state index contributed by atoms with van der Waals surface area (Å²) < 4.78 is 5.86. The fourth-order valence-electron chi connectivity index (χ4n) is 1.08. The largest absolute Gasteiger partial charge is 0.456 e. The minimum Gasteiger partial charge on any atom is -0.456 e. The van der Waals surface area contributed by atoms with Crippen molar-refractivity contribution in [2.45, 2.75) is 26.4 Å². The predicted molar refractivity (Wildman–Crippen MR) is 68.7 cm³/mol. The van der Waals surface area contributed by atoms with Gasteiger partial charge in [-0.1, -0.05) is 11.6 Å². The van der Waals surface area contributed by atoms with Crippen molar-refractivity contribution >= 4 is 39.2 Å². The van der Waals surface area contributed by atoms with Gasteiger partial charge in [0, 0.05) is 4.47 Å². The molecule has 0 aliphatic heterocycles. The van der Waals surface area contributed by atoms with Gasteiger partial charge in [-0.05, 0) is 48.8 Å². The van der Waals surface area contributed by atoms with Crippen molar-refractivity contribution in [2.24, 2.45) is 0 Å². The number of benzene rings is 1. The minimum absolute atomic E-state index is 0.227. The molecule has 0 spiro atoms. The third kappa shape index (κ3) is 3.12. The molecule has 1 aromatic rings. The number of hydrogen-bond acceptors (Lipinski definition) is 3. The van der Waals surface area contributed by atoms with Crippen molar-refractivity contribution in [2.75, 3.05) is 5.73 Å². The van der Waals surface area contributed by atoms with Gasteiger partial charge in [0.05, 0.1) is 16.3 Å². The van der Waals surface area contributed by atoms with Crippen LogP contribution in [0, 0.1) is 0 Å². The van der Waals surface area contributed by atoms with Crippen LogP contribution < -0.4 is 5.73 Å². The Morgan fingerprint density at radius 3 is 2.50 bits per heavy atom. The maximum atomic E-state index is 11.8. The molecule has 0 atom stereocenters. The first kappa shape index (κ1) is 13.3. The highest BCUT2D eigenvalue weighted by Gasteiger charge is 2.21. The predicted octanol–water partition coefficient (Wildman–Crippen LogP) is 3.64. The summed E-state index contributed by atoms with van der Waals surface area (Å²) in [6.45, 7) is 5.38. The van der Waals surface area contributed by atoms with E-state index < -0.39 is 11.6 Å². The van der Waals surface area contributed by atoms with E-state index in [2.05, 4.69) is 15.9 Å². The van der Waals surface area contributed by atoms with Gasteiger partial charge < -0.3 is 10.5 Å². The molecule has 0 fully saturated rings. The molecule has 16 heavy (non-hydrogen) atoms. The number of anilines is 1. The quantitative estimate of drug-likeness (QED) is 0.636. The average Bonchev–Trinajstić information content (AvgIpc) is 2.11. The molecular weight excluding hydrogens is 293 g/mol. The molecule has 1 rings (SSSR count). The monoisotopic (exact) mass is 305 g/mol. The maximum absolute atomic E-state index is 11.8. The molecule has 3 nitrogen and oxygen atoms in total. The third-order valence-corrected chi connectivity index (χ3v) is 3.05. The molecule has 2 N–H and O–H groups in total. The molecule has 0 aromatic heterocycles. The van der Waals surface area contributed by atoms with Crippen LogP contribution in [0.4, 0.5) is 5.69 Å². The molecule has 0 radical (unpaired) electrons. The topological polar surface area (TPSA) is 52.3 Å². The Morgan fingerprint density at radius 1 is 1.44 bits per heavy atom. The van der Waals surface area contributed by atoms with E-state index in [1.165, 1.54) is 0 Å². The zero-order valence-corrected chi connectivity index (χ0v) is 11.6. The molecule has 0 saturated heterocycles. The Kier molecular flexibility index (Phi) is 3.86. The van der Waals surface area contributed by atoms with E-state index in [0.29, 0.717) is 9.50 Å². The lowest BCUT2D eigenvalue weighted by atomic mass is 10.1. The standard InChI is InChI=1S/C11H13BrClNO2/c1-11(2,3)16-10(15)6-4-5-7(12)8(13)9(6)14/h4-5H,14H2,1-3H3. The van der Waals surface area contributed by atoms with Crippen LogP contribution in [-0.2, 0) is 4.74 Å². The summed E-state index contributed by atoms with van der Waals surface area (Å²) in [5.74, 6) is -0.473. The van der Waals surface area contributed by atoms with Crippen LogP contribution in [0.1, 0.15) is 31.1 Å². The summed E-state index contributed by atoms with van der Waals surface area (Å²) in [6.07, 6.45) is 0. The highest BCUT2D eigenvalue weighted by Crippen LogP contribution is 2.31. The zero-order chi connectivity index (χ0) is 12.5. The van der Waals surface area contributed by atoms with Crippen LogP contribution in [0.5, 0.6) is 0 Å². The number of carbonyl (C=O) groups excluding carboxylic acids is 1. The second kappa shape index (κ2) is 4.63. The van der Waals surface area contributed by atoms with Gasteiger partial charge in [0.25, 0.3) is 0 Å². The van der Waals surface area contributed by atoms with Crippen molar-refractivity contribution in [1.29, 1.82) is 0 Å². The first-order valence-electron chi connectivity index (χ1n) is 4.69. The second-order valence-corrected chi connectivity index (χ2v) is 5.56. The summed E-state index contributed by atoms with van der Waals surface area (Å²) in [4.78, 5) is 11.8. The lowest BCUT2D eigenvalue weighted by Crippen LogP contribution is -2.24. The van der Waals surface area contributed by atoms with Crippen molar-refractivity contribution < 1.29 is 9.53 Å². The SMILES string of the molecule is CC(C)(C)OC(=O)c1ccc(Br)c(Cl)c1N. The minimum atomic E-state index is -0.553. The Labute approximate surface area is 108 Å². The van der Waals surface area contributed by atoms with Crippen LogP contribution in [0.3, 0.4) is 0 Å². The molecule has 0 saturated carbocycles. The highest BCUT2D eigenvalue weighted by atomic mass is 79.9. The second-order valence-electron chi connectivity index (χ2n) is 4.32. The van der Waals surface area contributed by atoms with Gasteiger partial charge in [0.1, 0.15) is 5.60 Å². The summed E-state index contributed by atoms with van der Waals surface area (Å²) in [6, 6.07) is 3.25. The normalized spacial score (nSPS) is 11.3. The zero-order valence-electron chi connectivity index (χ0n) is 9.30. The van der Waals surface area contributed by atoms with Gasteiger partial charge in [0.15, 0.2) is 0 Å². The molecule has 1 aromatic carbocycles. The molecule has 0 unspecified atom stereocenters. The van der Waals surface area contributed by atoms with Crippen LogP contribution in [0.2, 0.25) is 5.02 Å². The maximum Gasteiger partial charge on any atom is 0.340 e. The number of rotatable bonds is 1. The molecule has 5 heteroatoms. The van der Waals surface area contributed by atoms with E-state index >= 15 is 0 Å². The fourth-order valence-corrected chi connectivity index (χ4v) is 1.59. The summed E-state index contributed by atoms with van der Waals surface area (Å²) in [5, 5.41) is 0.323. The van der Waals surface area contributed by atoms with Gasteiger partial charge in [-0.25, -0.2) is 4.79 Å². The summed E-state index contributed by atoms with van der Waals surface area (Å²) in [5.41, 5.74) is 5.70. The average molecular weight is 307 g/mol. The number of halogens is 2. The van der Waals surface area contributed by atoms with Crippen LogP contribution >= 0.6 is 27.5 Å². The molecule has 88 valence electrons. The number of nitrogen functional groups attached to an aromatic ring is 1. The molecule has 0 heterocycles. The molecule has 0 bridgehead atoms. The van der Waals surface area contributed by atoms with E-state index in [1.54, 1.807) is 32.9 Å². The smallest absolute Gasteiger partial charge is 0.340 e. The van der Waals surface area contributed by atoms with Crippen molar-refractivity contribution in [3.63, 3.8) is 0 Å². The molecule has 0 amide bonds. The van der Waals surface area contributed by atoms with Crippen LogP contribution in [-0.4, -0.2) is 11.6 Å². The highest BCUT2D eigenvalue weighted by molar-refractivity contribution is 9.10. The van der Waals surface area contributed by atoms with Crippen LogP contribution in [0.15, 0.2) is 16.6 Å². The van der Waals surface area contributed by atoms with E-state index in [9.17, 15) is 4.79 Å². The van der Waals surface area contributed by atoms with Crippen molar-refractivity contribution in [3.8, 4) is 0 Å². The van der Waals surface area contributed by atoms with E-state index in [0.717, 1.165) is 0 Å². The van der Waals surface area contributed by atoms with Crippen molar-refractivity contribution in [3.05, 3.63) is 27.2 Å². The Hall–Kier alpha value is -0.740. The summed E-state index contributed by atoms with van der Waals surface area (Å²) >= 11 is 9.15. The fraction of sp³-hybridized carbons (Fsp3) is 0.364. The number of hydrogen-bond donors (Lipinski definition) is 1. The van der Waals surface area contributed by atoms with Gasteiger partial charge in [-0.15, -0.1) is 0 Å². The summed E-state index contributed by atoms with van der Waals surface area (Å²) in [7, 11) is 0. The lowest BCUT2D eigenvalue weighted by Gasteiger charge is -2.20. The van der Waals surface area contributed by atoms with E-state index in [-0.39, 0.29) is 11.3 Å². The molecular formula is C11H13BrClNO2. The Balaban J connectivity index is 3.06. The lowest BCUT2D eigenvalue weighted by molar-refractivity contribution is 0.00708. The van der Waals surface area contributed by atoms with E-state index in [1.807, 2.05) is 0 Å². The van der Waals surface area contributed by atoms with Gasteiger partial charge in [-0.2, -0.15) is 0 Å². The van der Waals surface area contributed by atoms with Gasteiger partial charge in [0.2, 0.25) is 0 Å². The Morgan fingerprint density at radius 2 is 2.00 bits per heavy atom. The van der Waals surface area contributed by atoms with Gasteiger partial charge in [-0.3, -0.25) is 0 Å². The van der Waals surface area contributed by atoms with Crippen LogP contribution in [0.25, 0.3) is 0 Å². The number of ether oxygens (including phenoxy) is 1. The van der Waals surface area contributed by atoms with Crippen molar-refractivity contribution in [1.82, 2.24) is 0 Å². The van der Waals surface area contributed by atoms with E-state index in [4.69, 9.17) is 22.1 Å². The van der Waals surface area contributed by atoms with Gasteiger partial charge >= 0.3 is 5.97 Å². The number of nitrogens with two attached hydrogens (primary N) is 1.